The number of benzene rings is 1. The van der Waals surface area contributed by atoms with E-state index in [2.05, 4.69) is 9.73 Å². The largest absolute Gasteiger partial charge is 0.468 e. The van der Waals surface area contributed by atoms with E-state index in [4.69, 9.17) is 0 Å². The van der Waals surface area contributed by atoms with Gasteiger partial charge in [0.2, 0.25) is 5.96 Å². The van der Waals surface area contributed by atoms with Gasteiger partial charge in [0.1, 0.15) is 6.54 Å². The fourth-order valence-electron chi connectivity index (χ4n) is 3.78. The summed E-state index contributed by atoms with van der Waals surface area (Å²) in [4.78, 5) is 48.1. The molecule has 2 atom stereocenters. The number of hydrogen-bond donors (Lipinski definition) is 0. The van der Waals surface area contributed by atoms with E-state index in [0.29, 0.717) is 5.96 Å². The van der Waals surface area contributed by atoms with Gasteiger partial charge in [0, 0.05) is 24.6 Å². The molecule has 4 rings (SSSR count). The molecular formula is C19H21N5O4. The van der Waals surface area contributed by atoms with Gasteiger partial charge in [-0.3, -0.25) is 19.4 Å². The summed E-state index contributed by atoms with van der Waals surface area (Å²) in [5.41, 5.74) is 2.95. The number of rotatable bonds is 3. The second-order valence-electron chi connectivity index (χ2n) is 7.03. The predicted octanol–water partition coefficient (Wildman–Crippen LogP) is 1.11. The van der Waals surface area contributed by atoms with E-state index in [1.165, 1.54) is 12.0 Å². The number of ether oxygens (including phenoxy) is 1. The average Bonchev–Trinajstić information content (AvgIpc) is 3.17. The fraction of sp³-hybridized carbons (Fsp3) is 0.368. The highest BCUT2D eigenvalue weighted by Crippen LogP contribution is 2.36. The molecule has 0 N–H and O–H groups in total. The van der Waals surface area contributed by atoms with E-state index >= 15 is 0 Å². The van der Waals surface area contributed by atoms with E-state index in [0.717, 1.165) is 21.8 Å². The minimum Gasteiger partial charge on any atom is -0.468 e. The third-order valence-electron chi connectivity index (χ3n) is 5.16. The van der Waals surface area contributed by atoms with E-state index in [1.807, 2.05) is 49.2 Å². The summed E-state index contributed by atoms with van der Waals surface area (Å²) in [6.45, 7) is 3.52. The van der Waals surface area contributed by atoms with Gasteiger partial charge in [0.25, 0.3) is 5.91 Å². The molecule has 3 aliphatic heterocycles. The molecule has 0 radical (unpaired) electrons. The van der Waals surface area contributed by atoms with E-state index < -0.39 is 36.7 Å². The molecule has 1 saturated heterocycles. The van der Waals surface area contributed by atoms with Crippen molar-refractivity contribution in [2.75, 3.05) is 25.6 Å². The van der Waals surface area contributed by atoms with Crippen LogP contribution in [0, 0.1) is 6.92 Å². The fourth-order valence-corrected chi connectivity index (χ4v) is 3.78. The first kappa shape index (κ1) is 18.0. The Morgan fingerprint density at radius 2 is 2.00 bits per heavy atom. The van der Waals surface area contributed by atoms with Gasteiger partial charge in [0.05, 0.1) is 7.11 Å². The van der Waals surface area contributed by atoms with Gasteiger partial charge in [-0.25, -0.2) is 9.79 Å². The Labute approximate surface area is 162 Å². The van der Waals surface area contributed by atoms with Crippen molar-refractivity contribution in [1.29, 1.82) is 0 Å². The van der Waals surface area contributed by atoms with Gasteiger partial charge in [-0.05, 0) is 31.5 Å². The minimum atomic E-state index is -0.716. The molecule has 0 saturated carbocycles. The number of esters is 1. The summed E-state index contributed by atoms with van der Waals surface area (Å²) in [5, 5.41) is 0. The highest BCUT2D eigenvalue weighted by Gasteiger charge is 2.54. The van der Waals surface area contributed by atoms with Crippen LogP contribution in [-0.2, 0) is 14.3 Å². The molecule has 28 heavy (non-hydrogen) atoms. The Morgan fingerprint density at radius 1 is 1.25 bits per heavy atom. The smallest absolute Gasteiger partial charge is 0.328 e. The second-order valence-corrected chi connectivity index (χ2v) is 7.03. The Bertz CT molecular complexity index is 940. The van der Waals surface area contributed by atoms with Crippen molar-refractivity contribution in [3.63, 3.8) is 0 Å². The third kappa shape index (κ3) is 2.54. The zero-order valence-electron chi connectivity index (χ0n) is 16.1. The first-order valence-corrected chi connectivity index (χ1v) is 8.90. The number of allylic oxidation sites excluding steroid dienone is 1. The number of guanidine groups is 1. The van der Waals surface area contributed by atoms with Crippen LogP contribution in [0.1, 0.15) is 12.5 Å². The highest BCUT2D eigenvalue weighted by atomic mass is 16.5. The first-order valence-electron chi connectivity index (χ1n) is 8.90. The topological polar surface area (TPSA) is 85.8 Å². The molecule has 1 fully saturated rings. The summed E-state index contributed by atoms with van der Waals surface area (Å²) in [6, 6.07) is 6.69. The maximum Gasteiger partial charge on any atom is 0.328 e. The second kappa shape index (κ2) is 6.36. The molecule has 0 aliphatic carbocycles. The molecular weight excluding hydrogens is 362 g/mol. The van der Waals surface area contributed by atoms with Crippen molar-refractivity contribution in [3.05, 3.63) is 41.7 Å². The molecule has 3 heterocycles. The molecule has 0 aromatic heterocycles. The SMILES string of the molecule is COC(=O)CN1C(=O)C2C(N=C3N(c4cccc(C)c4)C(C)=CN32)N(C)C1=O. The highest BCUT2D eigenvalue weighted by molar-refractivity contribution is 6.10. The monoisotopic (exact) mass is 383 g/mol. The lowest BCUT2D eigenvalue weighted by Gasteiger charge is -2.39. The molecule has 0 bridgehead atoms. The van der Waals surface area contributed by atoms with Gasteiger partial charge >= 0.3 is 12.0 Å². The Kier molecular flexibility index (Phi) is 4.10. The van der Waals surface area contributed by atoms with Crippen LogP contribution in [0.3, 0.4) is 0 Å². The zero-order valence-corrected chi connectivity index (χ0v) is 16.1. The summed E-state index contributed by atoms with van der Waals surface area (Å²) in [7, 11) is 2.80. The molecule has 3 aliphatic rings. The van der Waals surface area contributed by atoms with Crippen molar-refractivity contribution in [1.82, 2.24) is 14.7 Å². The number of aliphatic imine (C=N–C) groups is 1. The number of likely N-dealkylation sites (N-methyl/N-ethyl adjacent to an activating group) is 1. The summed E-state index contributed by atoms with van der Waals surface area (Å²) in [5.74, 6) is -0.527. The number of nitrogens with zero attached hydrogens (tertiary/aromatic N) is 5. The number of hydrogen-bond acceptors (Lipinski definition) is 7. The van der Waals surface area contributed by atoms with Crippen LogP contribution in [0.25, 0.3) is 0 Å². The molecule has 0 spiro atoms. The minimum absolute atomic E-state index is 0.421. The third-order valence-corrected chi connectivity index (χ3v) is 5.16. The van der Waals surface area contributed by atoms with E-state index in [9.17, 15) is 14.4 Å². The van der Waals surface area contributed by atoms with Crippen LogP contribution in [0.5, 0.6) is 0 Å². The quantitative estimate of drug-likeness (QED) is 0.727. The lowest BCUT2D eigenvalue weighted by Crippen LogP contribution is -2.65. The van der Waals surface area contributed by atoms with Crippen LogP contribution in [0.4, 0.5) is 10.5 Å². The summed E-state index contributed by atoms with van der Waals surface area (Å²) in [6.07, 6.45) is 1.20. The van der Waals surface area contributed by atoms with E-state index in [-0.39, 0.29) is 0 Å². The number of anilines is 1. The molecule has 146 valence electrons. The van der Waals surface area contributed by atoms with Gasteiger partial charge < -0.3 is 14.5 Å². The Morgan fingerprint density at radius 3 is 2.68 bits per heavy atom. The zero-order chi connectivity index (χ0) is 20.2. The molecule has 9 nitrogen and oxygen atoms in total. The maximum atomic E-state index is 13.1. The number of fused-ring (bicyclic) bond motifs is 3. The molecule has 9 heteroatoms. The molecule has 1 aromatic rings. The van der Waals surface area contributed by atoms with Crippen molar-refractivity contribution < 1.29 is 19.1 Å². The Balaban J connectivity index is 1.70. The number of urea groups is 1. The summed E-state index contributed by atoms with van der Waals surface area (Å²) < 4.78 is 4.62. The lowest BCUT2D eigenvalue weighted by atomic mass is 10.1. The number of imide groups is 1. The number of amides is 3. The summed E-state index contributed by atoms with van der Waals surface area (Å²) >= 11 is 0. The average molecular weight is 383 g/mol. The normalized spacial score (nSPS) is 23.6. The first-order chi connectivity index (χ1) is 13.3. The van der Waals surface area contributed by atoms with Gasteiger partial charge in [0.15, 0.2) is 12.2 Å². The molecule has 3 amide bonds. The van der Waals surface area contributed by atoms with E-state index in [1.54, 1.807) is 11.9 Å². The predicted molar refractivity (Wildman–Crippen MR) is 101 cm³/mol. The van der Waals surface area contributed by atoms with Gasteiger partial charge in [-0.2, -0.15) is 0 Å². The molecule has 1 aromatic carbocycles. The standard InChI is InChI=1S/C19H21N5O4/c1-11-6-5-7-13(8-11)24-12(2)9-22-15-16(20-18(22)24)21(3)19(27)23(17(15)26)10-14(25)28-4/h5-9,15-16H,10H2,1-4H3. The van der Waals surface area contributed by atoms with Crippen molar-refractivity contribution >= 4 is 29.6 Å². The van der Waals surface area contributed by atoms with Crippen LogP contribution in [-0.4, -0.2) is 71.5 Å². The van der Waals surface area contributed by atoms with Gasteiger partial charge in [-0.1, -0.05) is 12.1 Å². The Hall–Kier alpha value is -3.36. The van der Waals surface area contributed by atoms with Crippen molar-refractivity contribution in [2.24, 2.45) is 4.99 Å². The van der Waals surface area contributed by atoms with Crippen LogP contribution >= 0.6 is 0 Å². The number of carbonyl (C=O) groups is 3. The van der Waals surface area contributed by atoms with Crippen LogP contribution in [0.2, 0.25) is 0 Å². The van der Waals surface area contributed by atoms with Crippen LogP contribution in [0.15, 0.2) is 41.2 Å². The number of methoxy groups -OCH3 is 1. The van der Waals surface area contributed by atoms with Crippen molar-refractivity contribution in [3.8, 4) is 0 Å². The lowest BCUT2D eigenvalue weighted by molar-refractivity contribution is -0.148. The van der Waals surface area contributed by atoms with Gasteiger partial charge in [-0.15, -0.1) is 0 Å². The number of aryl methyl sites for hydroxylation is 1. The number of carbonyl (C=O) groups excluding carboxylic acids is 3. The van der Waals surface area contributed by atoms with Crippen LogP contribution < -0.4 is 4.90 Å². The molecule has 2 unspecified atom stereocenters. The maximum absolute atomic E-state index is 13.1. The van der Waals surface area contributed by atoms with Crippen molar-refractivity contribution in [2.45, 2.75) is 26.1 Å².